The van der Waals surface area contributed by atoms with E-state index in [1.807, 2.05) is 0 Å². The number of halogens is 2. The van der Waals surface area contributed by atoms with Gasteiger partial charge in [-0.15, -0.1) is 0 Å². The number of rotatable bonds is 7. The number of carbonyl (C=O) groups is 1. The first-order chi connectivity index (χ1) is 12.4. The van der Waals surface area contributed by atoms with Crippen molar-refractivity contribution in [3.8, 4) is 11.5 Å². The number of hydrogen-bond acceptors (Lipinski definition) is 5. The number of carbonyl (C=O) groups excluding carboxylic acids is 1. The molecule has 2 rings (SSSR count). The van der Waals surface area contributed by atoms with Crippen LogP contribution in [0, 0.1) is 10.1 Å². The first-order valence-corrected chi connectivity index (χ1v) is 8.47. The third-order valence-electron chi connectivity index (χ3n) is 3.28. The van der Waals surface area contributed by atoms with Crippen LogP contribution in [0.25, 0.3) is 0 Å². The van der Waals surface area contributed by atoms with Gasteiger partial charge >= 0.3 is 0 Å². The standard InChI is InChI=1S/C17H16Cl2N2O5/c1-3-25-15-8-13(14(21(23)24)9-16(15)26-4-2)20-17(22)11-7-10(18)5-6-12(11)19/h5-9H,3-4H2,1-2H3,(H,20,22). The minimum atomic E-state index is -0.632. The third kappa shape index (κ3) is 4.56. The highest BCUT2D eigenvalue weighted by molar-refractivity contribution is 6.36. The van der Waals surface area contributed by atoms with E-state index < -0.39 is 10.8 Å². The van der Waals surface area contributed by atoms with E-state index in [9.17, 15) is 14.9 Å². The molecule has 1 N–H and O–H groups in total. The lowest BCUT2D eigenvalue weighted by Crippen LogP contribution is -2.14. The van der Waals surface area contributed by atoms with E-state index >= 15 is 0 Å². The topological polar surface area (TPSA) is 90.7 Å². The Morgan fingerprint density at radius 1 is 1.12 bits per heavy atom. The number of hydrogen-bond donors (Lipinski definition) is 1. The first kappa shape index (κ1) is 19.8. The second-order valence-corrected chi connectivity index (χ2v) is 5.86. The highest BCUT2D eigenvalue weighted by Gasteiger charge is 2.23. The van der Waals surface area contributed by atoms with Crippen molar-refractivity contribution in [3.05, 3.63) is 56.1 Å². The lowest BCUT2D eigenvalue weighted by Gasteiger charge is -2.14. The average Bonchev–Trinajstić information content (AvgIpc) is 2.59. The van der Waals surface area contributed by atoms with Crippen molar-refractivity contribution >= 4 is 40.5 Å². The van der Waals surface area contributed by atoms with Gasteiger partial charge in [-0.05, 0) is 32.0 Å². The SMILES string of the molecule is CCOc1cc(NC(=O)c2cc(Cl)ccc2Cl)c([N+](=O)[O-])cc1OCC. The van der Waals surface area contributed by atoms with Crippen molar-refractivity contribution < 1.29 is 19.2 Å². The van der Waals surface area contributed by atoms with Crippen LogP contribution in [-0.2, 0) is 0 Å². The molecule has 0 spiro atoms. The number of ether oxygens (including phenoxy) is 2. The van der Waals surface area contributed by atoms with Crippen molar-refractivity contribution in [3.63, 3.8) is 0 Å². The Hall–Kier alpha value is -2.51. The Morgan fingerprint density at radius 3 is 2.31 bits per heavy atom. The largest absolute Gasteiger partial charge is 0.490 e. The monoisotopic (exact) mass is 398 g/mol. The molecule has 26 heavy (non-hydrogen) atoms. The number of amides is 1. The summed E-state index contributed by atoms with van der Waals surface area (Å²) in [5.41, 5.74) is -0.272. The van der Waals surface area contributed by atoms with Crippen LogP contribution in [0.5, 0.6) is 11.5 Å². The molecule has 2 aromatic rings. The second kappa shape index (κ2) is 8.73. The van der Waals surface area contributed by atoms with Crippen molar-refractivity contribution in [1.29, 1.82) is 0 Å². The maximum Gasteiger partial charge on any atom is 0.296 e. The molecule has 0 heterocycles. The average molecular weight is 399 g/mol. The third-order valence-corrected chi connectivity index (χ3v) is 3.84. The van der Waals surface area contributed by atoms with Crippen molar-refractivity contribution in [2.24, 2.45) is 0 Å². The molecule has 0 aliphatic carbocycles. The van der Waals surface area contributed by atoms with Gasteiger partial charge in [0, 0.05) is 11.1 Å². The summed E-state index contributed by atoms with van der Waals surface area (Å²) >= 11 is 11.9. The van der Waals surface area contributed by atoms with E-state index in [1.165, 1.54) is 30.3 Å². The van der Waals surface area contributed by atoms with Crippen LogP contribution in [0.4, 0.5) is 11.4 Å². The summed E-state index contributed by atoms with van der Waals surface area (Å²) in [4.78, 5) is 23.3. The number of benzene rings is 2. The van der Waals surface area contributed by atoms with Crippen LogP contribution < -0.4 is 14.8 Å². The fraction of sp³-hybridized carbons (Fsp3) is 0.235. The van der Waals surface area contributed by atoms with Crippen LogP contribution in [0.2, 0.25) is 10.0 Å². The molecule has 0 saturated carbocycles. The predicted octanol–water partition coefficient (Wildman–Crippen LogP) is 4.95. The van der Waals surface area contributed by atoms with E-state index in [0.717, 1.165) is 0 Å². The minimum absolute atomic E-state index is 0.0389. The molecular formula is C17H16Cl2N2O5. The maximum absolute atomic E-state index is 12.5. The van der Waals surface area contributed by atoms with Gasteiger partial charge in [-0.25, -0.2) is 0 Å². The fourth-order valence-corrected chi connectivity index (χ4v) is 2.57. The van der Waals surface area contributed by atoms with Gasteiger partial charge in [-0.1, -0.05) is 23.2 Å². The molecule has 0 bridgehead atoms. The minimum Gasteiger partial charge on any atom is -0.490 e. The maximum atomic E-state index is 12.5. The molecule has 0 aliphatic heterocycles. The van der Waals surface area contributed by atoms with Gasteiger partial charge in [-0.3, -0.25) is 14.9 Å². The summed E-state index contributed by atoms with van der Waals surface area (Å²) in [5.74, 6) is -0.125. The quantitative estimate of drug-likeness (QED) is 0.526. The van der Waals surface area contributed by atoms with Gasteiger partial charge < -0.3 is 14.8 Å². The van der Waals surface area contributed by atoms with Gasteiger partial charge in [-0.2, -0.15) is 0 Å². The summed E-state index contributed by atoms with van der Waals surface area (Å²) in [6.07, 6.45) is 0. The second-order valence-electron chi connectivity index (χ2n) is 5.02. The number of anilines is 1. The van der Waals surface area contributed by atoms with Gasteiger partial charge in [0.05, 0.1) is 34.8 Å². The molecule has 0 atom stereocenters. The van der Waals surface area contributed by atoms with Crippen LogP contribution in [-0.4, -0.2) is 24.0 Å². The fourth-order valence-electron chi connectivity index (χ4n) is 2.20. The zero-order valence-corrected chi connectivity index (χ0v) is 15.6. The summed E-state index contributed by atoms with van der Waals surface area (Å²) in [6, 6.07) is 6.94. The number of nitro groups is 1. The molecule has 0 saturated heterocycles. The summed E-state index contributed by atoms with van der Waals surface area (Å²) in [6.45, 7) is 4.14. The molecular weight excluding hydrogens is 383 g/mol. The van der Waals surface area contributed by atoms with E-state index in [-0.39, 0.29) is 33.5 Å². The Labute approximate surface area is 160 Å². The van der Waals surface area contributed by atoms with Crippen LogP contribution in [0.3, 0.4) is 0 Å². The zero-order valence-electron chi connectivity index (χ0n) is 14.0. The Kier molecular flexibility index (Phi) is 6.65. The van der Waals surface area contributed by atoms with E-state index in [2.05, 4.69) is 5.32 Å². The zero-order chi connectivity index (χ0) is 19.3. The Morgan fingerprint density at radius 2 is 1.73 bits per heavy atom. The van der Waals surface area contributed by atoms with E-state index in [1.54, 1.807) is 13.8 Å². The summed E-state index contributed by atoms with van der Waals surface area (Å²) in [5, 5.41) is 14.4. The van der Waals surface area contributed by atoms with Gasteiger partial charge in [0.15, 0.2) is 11.5 Å². The van der Waals surface area contributed by atoms with Gasteiger partial charge in [0.1, 0.15) is 5.69 Å². The lowest BCUT2D eigenvalue weighted by molar-refractivity contribution is -0.384. The van der Waals surface area contributed by atoms with E-state index in [4.69, 9.17) is 32.7 Å². The van der Waals surface area contributed by atoms with E-state index in [0.29, 0.717) is 18.2 Å². The van der Waals surface area contributed by atoms with Crippen LogP contribution in [0.1, 0.15) is 24.2 Å². The number of nitro benzene ring substituents is 1. The van der Waals surface area contributed by atoms with Crippen molar-refractivity contribution in [1.82, 2.24) is 0 Å². The first-order valence-electron chi connectivity index (χ1n) is 7.71. The lowest BCUT2D eigenvalue weighted by atomic mass is 10.2. The molecule has 1 amide bonds. The Bertz CT molecular complexity index is 842. The molecule has 0 aliphatic rings. The smallest absolute Gasteiger partial charge is 0.296 e. The van der Waals surface area contributed by atoms with Crippen molar-refractivity contribution in [2.45, 2.75) is 13.8 Å². The number of nitrogens with one attached hydrogen (secondary N) is 1. The predicted molar refractivity (Wildman–Crippen MR) is 99.8 cm³/mol. The van der Waals surface area contributed by atoms with Crippen LogP contribution >= 0.6 is 23.2 Å². The summed E-state index contributed by atoms with van der Waals surface area (Å²) in [7, 11) is 0. The van der Waals surface area contributed by atoms with Crippen molar-refractivity contribution in [2.75, 3.05) is 18.5 Å². The molecule has 0 unspecified atom stereocenters. The molecule has 0 radical (unpaired) electrons. The molecule has 0 aromatic heterocycles. The molecule has 7 nitrogen and oxygen atoms in total. The molecule has 138 valence electrons. The highest BCUT2D eigenvalue weighted by atomic mass is 35.5. The van der Waals surface area contributed by atoms with Gasteiger partial charge in [0.25, 0.3) is 11.6 Å². The summed E-state index contributed by atoms with van der Waals surface area (Å²) < 4.78 is 10.8. The molecule has 0 fully saturated rings. The van der Waals surface area contributed by atoms with Gasteiger partial charge in [0.2, 0.25) is 0 Å². The number of nitrogens with zero attached hydrogens (tertiary/aromatic N) is 1. The molecule has 2 aromatic carbocycles. The van der Waals surface area contributed by atoms with Crippen LogP contribution in [0.15, 0.2) is 30.3 Å². The molecule has 9 heteroatoms. The normalized spacial score (nSPS) is 10.3. The highest BCUT2D eigenvalue weighted by Crippen LogP contribution is 2.38. The Balaban J connectivity index is 2.46.